The average molecular weight is 221 g/mol. The minimum Gasteiger partial charge on any atom is -0.491 e. The van der Waals surface area contributed by atoms with E-state index in [4.69, 9.17) is 4.74 Å². The third-order valence-corrected chi connectivity index (χ3v) is 2.25. The van der Waals surface area contributed by atoms with Gasteiger partial charge in [0.05, 0.1) is 6.04 Å². The van der Waals surface area contributed by atoms with Crippen molar-refractivity contribution in [1.29, 1.82) is 0 Å². The first-order valence-corrected chi connectivity index (χ1v) is 5.60. The van der Waals surface area contributed by atoms with Gasteiger partial charge in [0.25, 0.3) is 0 Å². The summed E-state index contributed by atoms with van der Waals surface area (Å²) in [5.74, 6) is 0.892. The van der Waals surface area contributed by atoms with Gasteiger partial charge >= 0.3 is 0 Å². The lowest BCUT2D eigenvalue weighted by atomic mass is 10.2. The molecule has 1 amide bonds. The second kappa shape index (κ2) is 6.16. The Bertz CT molecular complexity index is 332. The van der Waals surface area contributed by atoms with E-state index in [0.29, 0.717) is 13.0 Å². The fourth-order valence-electron chi connectivity index (χ4n) is 1.27. The number of ether oxygens (including phenoxy) is 1. The van der Waals surface area contributed by atoms with E-state index in [2.05, 4.69) is 5.32 Å². The number of benzene rings is 1. The summed E-state index contributed by atoms with van der Waals surface area (Å²) in [5, 5.41) is 2.85. The van der Waals surface area contributed by atoms with Crippen LogP contribution in [0.25, 0.3) is 0 Å². The highest BCUT2D eigenvalue weighted by molar-refractivity contribution is 5.75. The zero-order chi connectivity index (χ0) is 12.0. The lowest BCUT2D eigenvalue weighted by molar-refractivity contribution is -0.121. The molecule has 0 radical (unpaired) electrons. The van der Waals surface area contributed by atoms with Crippen LogP contribution in [0, 0.1) is 6.92 Å². The quantitative estimate of drug-likeness (QED) is 0.828. The number of carbonyl (C=O) groups is 1. The number of amides is 1. The van der Waals surface area contributed by atoms with Gasteiger partial charge in [0.2, 0.25) is 5.91 Å². The Morgan fingerprint density at radius 1 is 1.38 bits per heavy atom. The first kappa shape index (κ1) is 12.6. The van der Waals surface area contributed by atoms with Crippen molar-refractivity contribution in [3.63, 3.8) is 0 Å². The van der Waals surface area contributed by atoms with E-state index in [9.17, 15) is 4.79 Å². The molecule has 16 heavy (non-hydrogen) atoms. The van der Waals surface area contributed by atoms with Gasteiger partial charge < -0.3 is 10.1 Å². The molecule has 1 rings (SSSR count). The molecular weight excluding hydrogens is 202 g/mol. The third-order valence-electron chi connectivity index (χ3n) is 2.25. The molecule has 3 nitrogen and oxygen atoms in total. The summed E-state index contributed by atoms with van der Waals surface area (Å²) >= 11 is 0. The van der Waals surface area contributed by atoms with Gasteiger partial charge in [0.15, 0.2) is 0 Å². The van der Waals surface area contributed by atoms with Crippen LogP contribution in [0.5, 0.6) is 5.75 Å². The molecule has 88 valence electrons. The number of hydrogen-bond acceptors (Lipinski definition) is 2. The molecule has 0 heterocycles. The van der Waals surface area contributed by atoms with Crippen molar-refractivity contribution in [2.75, 3.05) is 6.61 Å². The van der Waals surface area contributed by atoms with E-state index in [1.165, 1.54) is 5.56 Å². The van der Waals surface area contributed by atoms with Crippen molar-refractivity contribution in [3.05, 3.63) is 29.8 Å². The first-order valence-electron chi connectivity index (χ1n) is 5.60. The van der Waals surface area contributed by atoms with Gasteiger partial charge in [-0.05, 0) is 26.0 Å². The molecule has 1 unspecified atom stereocenters. The fraction of sp³-hybridized carbons (Fsp3) is 0.462. The molecule has 1 aromatic rings. The molecule has 1 N–H and O–H groups in total. The second-order valence-corrected chi connectivity index (χ2v) is 3.95. The van der Waals surface area contributed by atoms with Crippen molar-refractivity contribution in [3.8, 4) is 5.75 Å². The standard InChI is InChI=1S/C13H19NO2/c1-4-13(15)14-11(3)9-16-12-7-5-10(2)6-8-12/h5-8,11H,4,9H2,1-3H3,(H,14,15). The lowest BCUT2D eigenvalue weighted by Gasteiger charge is -2.14. The van der Waals surface area contributed by atoms with Crippen LogP contribution in [0.4, 0.5) is 0 Å². The highest BCUT2D eigenvalue weighted by Gasteiger charge is 2.05. The van der Waals surface area contributed by atoms with Crippen LogP contribution < -0.4 is 10.1 Å². The van der Waals surface area contributed by atoms with E-state index in [1.807, 2.05) is 45.0 Å². The molecule has 0 bridgehead atoms. The summed E-state index contributed by atoms with van der Waals surface area (Å²) < 4.78 is 5.55. The monoisotopic (exact) mass is 221 g/mol. The van der Waals surface area contributed by atoms with Gasteiger partial charge in [0, 0.05) is 6.42 Å². The normalized spacial score (nSPS) is 11.9. The maximum Gasteiger partial charge on any atom is 0.220 e. The fourth-order valence-corrected chi connectivity index (χ4v) is 1.27. The van der Waals surface area contributed by atoms with E-state index in [1.54, 1.807) is 0 Å². The Hall–Kier alpha value is -1.51. The Labute approximate surface area is 96.8 Å². The molecule has 1 atom stereocenters. The Morgan fingerprint density at radius 3 is 2.56 bits per heavy atom. The van der Waals surface area contributed by atoms with Crippen LogP contribution in [0.3, 0.4) is 0 Å². The van der Waals surface area contributed by atoms with E-state index in [-0.39, 0.29) is 11.9 Å². The van der Waals surface area contributed by atoms with Crippen LogP contribution in [0.15, 0.2) is 24.3 Å². The van der Waals surface area contributed by atoms with Gasteiger partial charge in [0.1, 0.15) is 12.4 Å². The zero-order valence-electron chi connectivity index (χ0n) is 10.1. The lowest BCUT2D eigenvalue weighted by Crippen LogP contribution is -2.36. The van der Waals surface area contributed by atoms with E-state index in [0.717, 1.165) is 5.75 Å². The summed E-state index contributed by atoms with van der Waals surface area (Å²) in [6.45, 7) is 6.30. The Kier molecular flexibility index (Phi) is 4.83. The number of rotatable bonds is 5. The molecule has 3 heteroatoms. The molecule has 0 aliphatic rings. The van der Waals surface area contributed by atoms with Crippen molar-refractivity contribution < 1.29 is 9.53 Å². The van der Waals surface area contributed by atoms with Crippen molar-refractivity contribution >= 4 is 5.91 Å². The smallest absolute Gasteiger partial charge is 0.220 e. The molecule has 0 saturated heterocycles. The number of hydrogen-bond donors (Lipinski definition) is 1. The minimum absolute atomic E-state index is 0.0359. The number of carbonyl (C=O) groups excluding carboxylic acids is 1. The van der Waals surface area contributed by atoms with Gasteiger partial charge in [-0.15, -0.1) is 0 Å². The average Bonchev–Trinajstić information content (AvgIpc) is 2.28. The largest absolute Gasteiger partial charge is 0.491 e. The summed E-state index contributed by atoms with van der Waals surface area (Å²) in [4.78, 5) is 11.1. The molecule has 0 fully saturated rings. The summed E-state index contributed by atoms with van der Waals surface area (Å²) in [6, 6.07) is 7.91. The topological polar surface area (TPSA) is 38.3 Å². The summed E-state index contributed by atoms with van der Waals surface area (Å²) in [5.41, 5.74) is 1.21. The molecule has 0 saturated carbocycles. The van der Waals surface area contributed by atoms with Gasteiger partial charge in [-0.3, -0.25) is 4.79 Å². The molecule has 0 aliphatic heterocycles. The molecular formula is C13H19NO2. The highest BCUT2D eigenvalue weighted by atomic mass is 16.5. The summed E-state index contributed by atoms with van der Waals surface area (Å²) in [6.07, 6.45) is 0.509. The van der Waals surface area contributed by atoms with Crippen LogP contribution in [0.1, 0.15) is 25.8 Å². The molecule has 0 aromatic heterocycles. The van der Waals surface area contributed by atoms with Crippen molar-refractivity contribution in [2.24, 2.45) is 0 Å². The number of nitrogens with one attached hydrogen (secondary N) is 1. The van der Waals surface area contributed by atoms with Crippen LogP contribution in [0.2, 0.25) is 0 Å². The highest BCUT2D eigenvalue weighted by Crippen LogP contribution is 2.11. The maximum absolute atomic E-state index is 11.1. The number of aryl methyl sites for hydroxylation is 1. The predicted octanol–water partition coefficient (Wildman–Crippen LogP) is 2.29. The first-order chi connectivity index (χ1) is 7.61. The van der Waals surface area contributed by atoms with Crippen LogP contribution in [-0.4, -0.2) is 18.6 Å². The summed E-state index contributed by atoms with van der Waals surface area (Å²) in [7, 11) is 0. The molecule has 0 spiro atoms. The third kappa shape index (κ3) is 4.34. The van der Waals surface area contributed by atoms with Crippen LogP contribution in [-0.2, 0) is 4.79 Å². The van der Waals surface area contributed by atoms with E-state index < -0.39 is 0 Å². The SMILES string of the molecule is CCC(=O)NC(C)COc1ccc(C)cc1. The predicted molar refractivity (Wildman–Crippen MR) is 64.6 cm³/mol. The van der Waals surface area contributed by atoms with Gasteiger partial charge in [-0.2, -0.15) is 0 Å². The Balaban J connectivity index is 2.34. The second-order valence-electron chi connectivity index (χ2n) is 3.95. The minimum atomic E-state index is 0.0359. The molecule has 0 aliphatic carbocycles. The van der Waals surface area contributed by atoms with Gasteiger partial charge in [-0.1, -0.05) is 24.6 Å². The van der Waals surface area contributed by atoms with Crippen LogP contribution >= 0.6 is 0 Å². The zero-order valence-corrected chi connectivity index (χ0v) is 10.1. The van der Waals surface area contributed by atoms with Crippen molar-refractivity contribution in [1.82, 2.24) is 5.32 Å². The van der Waals surface area contributed by atoms with Gasteiger partial charge in [-0.25, -0.2) is 0 Å². The molecule has 1 aromatic carbocycles. The Morgan fingerprint density at radius 2 is 2.00 bits per heavy atom. The van der Waals surface area contributed by atoms with Crippen molar-refractivity contribution in [2.45, 2.75) is 33.2 Å². The van der Waals surface area contributed by atoms with E-state index >= 15 is 0 Å². The maximum atomic E-state index is 11.1.